The Morgan fingerprint density at radius 3 is 2.43 bits per heavy atom. The molecule has 1 fully saturated rings. The van der Waals surface area contributed by atoms with Crippen LogP contribution in [0.2, 0.25) is 0 Å². The van der Waals surface area contributed by atoms with E-state index in [0.29, 0.717) is 6.54 Å². The van der Waals surface area contributed by atoms with Gasteiger partial charge in [0.1, 0.15) is 5.01 Å². The third-order valence-corrected chi connectivity index (χ3v) is 7.19. The second-order valence-corrected chi connectivity index (χ2v) is 9.68. The molecule has 1 amide bonds. The lowest BCUT2D eigenvalue weighted by atomic mass is 10.2. The van der Waals surface area contributed by atoms with Gasteiger partial charge in [0.15, 0.2) is 0 Å². The van der Waals surface area contributed by atoms with Gasteiger partial charge in [0.2, 0.25) is 5.91 Å². The number of fused-ring (bicyclic) bond motifs is 1. The molecule has 0 saturated carbocycles. The van der Waals surface area contributed by atoms with Crippen LogP contribution in [0.5, 0.6) is 0 Å². The maximum atomic E-state index is 12.6. The molecule has 0 bridgehead atoms. The van der Waals surface area contributed by atoms with E-state index < -0.39 is 4.92 Å². The summed E-state index contributed by atoms with van der Waals surface area (Å²) >= 11 is 1.67. The zero-order valence-electron chi connectivity index (χ0n) is 19.3. The van der Waals surface area contributed by atoms with Crippen molar-refractivity contribution in [3.8, 4) is 10.6 Å². The molecule has 3 aromatic carbocycles. The Morgan fingerprint density at radius 1 is 1.03 bits per heavy atom. The Balaban J connectivity index is 1.13. The Kier molecular flexibility index (Phi) is 6.43. The number of hydrogen-bond donors (Lipinski definition) is 1. The monoisotopic (exact) mass is 487 g/mol. The van der Waals surface area contributed by atoms with E-state index in [4.69, 9.17) is 4.98 Å². The second kappa shape index (κ2) is 9.81. The second-order valence-electron chi connectivity index (χ2n) is 8.65. The number of amides is 1. The molecular weight excluding hydrogens is 462 g/mol. The minimum atomic E-state index is -0.393. The van der Waals surface area contributed by atoms with Gasteiger partial charge in [0.25, 0.3) is 5.69 Å². The first-order valence-corrected chi connectivity index (χ1v) is 12.3. The summed E-state index contributed by atoms with van der Waals surface area (Å²) < 4.78 is 1.17. The van der Waals surface area contributed by atoms with Gasteiger partial charge in [0, 0.05) is 55.2 Å². The van der Waals surface area contributed by atoms with Crippen molar-refractivity contribution in [1.82, 2.24) is 9.88 Å². The van der Waals surface area contributed by atoms with E-state index in [1.807, 2.05) is 30.3 Å². The first-order valence-electron chi connectivity index (χ1n) is 11.4. The highest BCUT2D eigenvalue weighted by molar-refractivity contribution is 7.21. The molecule has 4 aromatic rings. The van der Waals surface area contributed by atoms with Crippen LogP contribution in [0.25, 0.3) is 20.8 Å². The van der Waals surface area contributed by atoms with Gasteiger partial charge in [-0.3, -0.25) is 19.8 Å². The van der Waals surface area contributed by atoms with Crippen molar-refractivity contribution in [3.63, 3.8) is 0 Å². The molecule has 9 heteroatoms. The first-order chi connectivity index (χ1) is 16.9. The molecule has 2 heterocycles. The number of hydrogen-bond acceptors (Lipinski definition) is 7. The van der Waals surface area contributed by atoms with Gasteiger partial charge in [0.05, 0.1) is 21.7 Å². The van der Waals surface area contributed by atoms with Crippen LogP contribution in [-0.2, 0) is 4.79 Å². The normalized spacial score (nSPS) is 14.3. The zero-order chi connectivity index (χ0) is 24.4. The topological polar surface area (TPSA) is 91.6 Å². The predicted octanol–water partition coefficient (Wildman–Crippen LogP) is 4.94. The average Bonchev–Trinajstić information content (AvgIpc) is 3.28. The fraction of sp³-hybridized carbons (Fsp3) is 0.231. The smallest absolute Gasteiger partial charge is 0.269 e. The number of nitro benzene ring substituents is 1. The van der Waals surface area contributed by atoms with E-state index in [-0.39, 0.29) is 11.6 Å². The van der Waals surface area contributed by atoms with Crippen molar-refractivity contribution in [1.29, 1.82) is 0 Å². The lowest BCUT2D eigenvalue weighted by molar-refractivity contribution is -0.384. The molecule has 0 unspecified atom stereocenters. The number of non-ortho nitro benzene ring substituents is 1. The third-order valence-electron chi connectivity index (χ3n) is 6.12. The number of piperazine rings is 1. The Morgan fingerprint density at radius 2 is 1.74 bits per heavy atom. The predicted molar refractivity (Wildman–Crippen MR) is 140 cm³/mol. The maximum absolute atomic E-state index is 12.6. The SMILES string of the molecule is Cc1ccc2nc(-c3ccc(NC(=O)CN4CCN(c5ccc([N+](=O)[O-])cc5)CC4)cc3)sc2c1. The van der Waals surface area contributed by atoms with Gasteiger partial charge in [-0.05, 0) is 61.0 Å². The van der Waals surface area contributed by atoms with Crippen LogP contribution < -0.4 is 10.2 Å². The molecule has 0 aliphatic carbocycles. The number of benzene rings is 3. The van der Waals surface area contributed by atoms with E-state index in [2.05, 4.69) is 34.2 Å². The number of aromatic nitrogens is 1. The molecule has 1 N–H and O–H groups in total. The number of rotatable bonds is 6. The molecule has 178 valence electrons. The molecule has 1 aliphatic heterocycles. The van der Waals surface area contributed by atoms with E-state index >= 15 is 0 Å². The van der Waals surface area contributed by atoms with Crippen LogP contribution in [0.4, 0.5) is 17.1 Å². The van der Waals surface area contributed by atoms with Crippen molar-refractivity contribution in [2.45, 2.75) is 6.92 Å². The molecule has 0 radical (unpaired) electrons. The molecule has 35 heavy (non-hydrogen) atoms. The first kappa shape index (κ1) is 22.9. The Bertz CT molecular complexity index is 1360. The number of thiazole rings is 1. The fourth-order valence-electron chi connectivity index (χ4n) is 4.20. The summed E-state index contributed by atoms with van der Waals surface area (Å²) in [6, 6.07) is 20.7. The van der Waals surface area contributed by atoms with E-state index in [9.17, 15) is 14.9 Å². The van der Waals surface area contributed by atoms with Gasteiger partial charge in [-0.2, -0.15) is 0 Å². The van der Waals surface area contributed by atoms with E-state index in [0.717, 1.165) is 53.6 Å². The quantitative estimate of drug-likeness (QED) is 0.306. The van der Waals surface area contributed by atoms with Crippen LogP contribution in [0.15, 0.2) is 66.7 Å². The lowest BCUT2D eigenvalue weighted by Crippen LogP contribution is -2.48. The molecule has 0 atom stereocenters. The lowest BCUT2D eigenvalue weighted by Gasteiger charge is -2.35. The van der Waals surface area contributed by atoms with Crippen molar-refractivity contribution in [3.05, 3.63) is 82.4 Å². The summed E-state index contributed by atoms with van der Waals surface area (Å²) in [6.45, 7) is 5.44. The summed E-state index contributed by atoms with van der Waals surface area (Å²) in [5, 5.41) is 14.8. The minimum absolute atomic E-state index is 0.0444. The van der Waals surface area contributed by atoms with E-state index in [1.54, 1.807) is 23.5 Å². The summed E-state index contributed by atoms with van der Waals surface area (Å²) in [7, 11) is 0. The summed E-state index contributed by atoms with van der Waals surface area (Å²) in [5.41, 5.74) is 5.07. The molecule has 5 rings (SSSR count). The summed E-state index contributed by atoms with van der Waals surface area (Å²) in [4.78, 5) is 32.1. The molecule has 1 saturated heterocycles. The fourth-order valence-corrected chi connectivity index (χ4v) is 5.27. The van der Waals surface area contributed by atoms with Gasteiger partial charge in [-0.1, -0.05) is 6.07 Å². The number of nitrogens with zero attached hydrogens (tertiary/aromatic N) is 4. The summed E-state index contributed by atoms with van der Waals surface area (Å²) in [5.74, 6) is -0.0444. The number of anilines is 2. The van der Waals surface area contributed by atoms with Crippen molar-refractivity contribution in [2.75, 3.05) is 42.9 Å². The van der Waals surface area contributed by atoms with Crippen molar-refractivity contribution >= 4 is 44.5 Å². The number of carbonyl (C=O) groups excluding carboxylic acids is 1. The molecule has 0 spiro atoms. The van der Waals surface area contributed by atoms with Gasteiger partial charge < -0.3 is 10.2 Å². The molecular formula is C26H25N5O3S. The van der Waals surface area contributed by atoms with Gasteiger partial charge >= 0.3 is 0 Å². The maximum Gasteiger partial charge on any atom is 0.269 e. The highest BCUT2D eigenvalue weighted by atomic mass is 32.1. The highest BCUT2D eigenvalue weighted by Crippen LogP contribution is 2.31. The van der Waals surface area contributed by atoms with Crippen LogP contribution in [0, 0.1) is 17.0 Å². The van der Waals surface area contributed by atoms with Crippen LogP contribution in [0.1, 0.15) is 5.56 Å². The Labute approximate surface area is 207 Å². The minimum Gasteiger partial charge on any atom is -0.369 e. The Hall–Kier alpha value is -3.82. The largest absolute Gasteiger partial charge is 0.369 e. The number of carbonyl (C=O) groups is 1. The van der Waals surface area contributed by atoms with Gasteiger partial charge in [-0.15, -0.1) is 11.3 Å². The van der Waals surface area contributed by atoms with Crippen molar-refractivity contribution < 1.29 is 9.72 Å². The van der Waals surface area contributed by atoms with Crippen LogP contribution >= 0.6 is 11.3 Å². The van der Waals surface area contributed by atoms with E-state index in [1.165, 1.54) is 22.4 Å². The van der Waals surface area contributed by atoms with Crippen molar-refractivity contribution in [2.24, 2.45) is 0 Å². The number of nitrogens with one attached hydrogen (secondary N) is 1. The van der Waals surface area contributed by atoms with Crippen LogP contribution in [0.3, 0.4) is 0 Å². The highest BCUT2D eigenvalue weighted by Gasteiger charge is 2.20. The number of nitro groups is 1. The standard InChI is InChI=1S/C26H25N5O3S/c1-18-2-11-23-24(16-18)35-26(28-23)19-3-5-20(6-4-19)27-25(32)17-29-12-14-30(15-13-29)21-7-9-22(10-8-21)31(33)34/h2-11,16H,12-15,17H2,1H3,(H,27,32). The average molecular weight is 488 g/mol. The summed E-state index contributed by atoms with van der Waals surface area (Å²) in [6.07, 6.45) is 0. The molecule has 8 nitrogen and oxygen atoms in total. The third kappa shape index (κ3) is 5.31. The number of aryl methyl sites for hydroxylation is 1. The molecule has 1 aliphatic rings. The van der Waals surface area contributed by atoms with Gasteiger partial charge in [-0.25, -0.2) is 4.98 Å². The zero-order valence-corrected chi connectivity index (χ0v) is 20.1. The van der Waals surface area contributed by atoms with Crippen LogP contribution in [-0.4, -0.2) is 53.4 Å². The molecule has 1 aromatic heterocycles.